The van der Waals surface area contributed by atoms with E-state index in [1.807, 2.05) is 0 Å². The van der Waals surface area contributed by atoms with Gasteiger partial charge in [-0.25, -0.2) is 4.79 Å². The molecule has 0 amide bonds. The first-order valence-corrected chi connectivity index (χ1v) is 7.31. The highest BCUT2D eigenvalue weighted by atomic mass is 32.2. The van der Waals surface area contributed by atoms with Crippen molar-refractivity contribution < 1.29 is 33.3 Å². The summed E-state index contributed by atoms with van der Waals surface area (Å²) in [6.07, 6.45) is -3.98. The van der Waals surface area contributed by atoms with Crippen molar-refractivity contribution >= 4 is 22.6 Å². The van der Waals surface area contributed by atoms with E-state index in [1.54, 1.807) is 0 Å². The van der Waals surface area contributed by atoms with E-state index in [9.17, 15) is 28.2 Å². The molecule has 3 N–H and O–H groups in total. The quantitative estimate of drug-likeness (QED) is 0.432. The maximum Gasteiger partial charge on any atom is 0.417 e. The van der Waals surface area contributed by atoms with Crippen molar-refractivity contribution in [1.82, 2.24) is 0 Å². The minimum atomic E-state index is -4.65. The number of phenolic OH excluding ortho intramolecular Hbond substituents is 2. The second-order valence-electron chi connectivity index (χ2n) is 4.64. The molecule has 0 aliphatic heterocycles. The largest absolute Gasteiger partial charge is 0.504 e. The van der Waals surface area contributed by atoms with Crippen molar-refractivity contribution in [2.75, 3.05) is 0 Å². The summed E-state index contributed by atoms with van der Waals surface area (Å²) in [4.78, 5) is 11.1. The van der Waals surface area contributed by atoms with Gasteiger partial charge < -0.3 is 15.3 Å². The van der Waals surface area contributed by atoms with E-state index >= 15 is 0 Å². The maximum atomic E-state index is 13.1. The summed E-state index contributed by atoms with van der Waals surface area (Å²) < 4.78 is 39.4. The molecule has 0 saturated heterocycles. The van der Waals surface area contributed by atoms with Gasteiger partial charge in [-0.05, 0) is 24.3 Å². The summed E-state index contributed by atoms with van der Waals surface area (Å²) in [5, 5.41) is 27.7. The molecule has 2 rings (SSSR count). The topological polar surface area (TPSA) is 77.8 Å². The molecule has 0 fully saturated rings. The Balaban J connectivity index is 2.51. The van der Waals surface area contributed by atoms with Gasteiger partial charge in [0.05, 0.1) is 5.56 Å². The predicted octanol–water partition coefficient (Wildman–Crippen LogP) is 4.33. The smallest absolute Gasteiger partial charge is 0.417 e. The highest BCUT2D eigenvalue weighted by Gasteiger charge is 2.34. The fourth-order valence-electron chi connectivity index (χ4n) is 1.91. The number of phenols is 2. The molecule has 24 heavy (non-hydrogen) atoms. The molecule has 0 saturated carbocycles. The zero-order chi connectivity index (χ0) is 17.9. The lowest BCUT2D eigenvalue weighted by molar-refractivity contribution is -0.138. The molecular formula is C16H11F3O4S. The summed E-state index contributed by atoms with van der Waals surface area (Å²) >= 11 is 0.732. The summed E-state index contributed by atoms with van der Waals surface area (Å²) in [6.45, 7) is 0. The molecule has 0 spiro atoms. The van der Waals surface area contributed by atoms with Gasteiger partial charge in [-0.1, -0.05) is 30.0 Å². The molecular weight excluding hydrogens is 345 g/mol. The average molecular weight is 356 g/mol. The van der Waals surface area contributed by atoms with Crippen LogP contribution in [0.2, 0.25) is 0 Å². The lowest BCUT2D eigenvalue weighted by Crippen LogP contribution is -2.08. The summed E-state index contributed by atoms with van der Waals surface area (Å²) in [5.41, 5.74) is -1.25. The minimum Gasteiger partial charge on any atom is -0.504 e. The molecule has 0 aliphatic rings. The second kappa shape index (κ2) is 6.88. The zero-order valence-corrected chi connectivity index (χ0v) is 12.7. The number of aliphatic carboxylic acids is 1. The normalized spacial score (nSPS) is 12.2. The second-order valence-corrected chi connectivity index (χ2v) is 5.76. The Morgan fingerprint density at radius 2 is 1.71 bits per heavy atom. The van der Waals surface area contributed by atoms with Gasteiger partial charge in [0.15, 0.2) is 11.5 Å². The third-order valence-corrected chi connectivity index (χ3v) is 3.97. The monoisotopic (exact) mass is 356 g/mol. The van der Waals surface area contributed by atoms with Gasteiger partial charge in [-0.2, -0.15) is 13.2 Å². The molecule has 2 aromatic carbocycles. The van der Waals surface area contributed by atoms with Crippen molar-refractivity contribution in [2.24, 2.45) is 0 Å². The number of aromatic hydroxyl groups is 2. The molecule has 2 aromatic rings. The molecule has 0 bridgehead atoms. The standard InChI is InChI=1S/C16H11F3O4S/c17-16(18,19)11-4-2-1-3-10(11)14(8-15(22)23)24-9-5-6-12(20)13(21)7-9/h1-8,20-21H,(H,22,23). The van der Waals surface area contributed by atoms with Gasteiger partial charge >= 0.3 is 12.1 Å². The van der Waals surface area contributed by atoms with E-state index in [4.69, 9.17) is 5.11 Å². The summed E-state index contributed by atoms with van der Waals surface area (Å²) in [5.74, 6) is -2.25. The van der Waals surface area contributed by atoms with Crippen LogP contribution in [0.3, 0.4) is 0 Å². The van der Waals surface area contributed by atoms with E-state index in [0.29, 0.717) is 6.08 Å². The first kappa shape index (κ1) is 17.7. The van der Waals surface area contributed by atoms with Crippen molar-refractivity contribution in [3.63, 3.8) is 0 Å². The molecule has 4 nitrogen and oxygen atoms in total. The maximum absolute atomic E-state index is 13.1. The molecule has 0 unspecified atom stereocenters. The van der Waals surface area contributed by atoms with Crippen molar-refractivity contribution in [2.45, 2.75) is 11.1 Å². The Bertz CT molecular complexity index is 800. The molecule has 0 heterocycles. The summed E-state index contributed by atoms with van der Waals surface area (Å²) in [6, 6.07) is 8.25. The predicted molar refractivity (Wildman–Crippen MR) is 82.7 cm³/mol. The number of carbonyl (C=O) groups is 1. The first-order chi connectivity index (χ1) is 11.2. The Labute approximate surface area is 138 Å². The third kappa shape index (κ3) is 4.23. The van der Waals surface area contributed by atoms with Crippen LogP contribution in [-0.2, 0) is 11.0 Å². The van der Waals surface area contributed by atoms with E-state index in [1.165, 1.54) is 24.3 Å². The van der Waals surface area contributed by atoms with E-state index < -0.39 is 23.5 Å². The van der Waals surface area contributed by atoms with Crippen LogP contribution in [0.25, 0.3) is 4.91 Å². The minimum absolute atomic E-state index is 0.152. The molecule has 0 aromatic heterocycles. The van der Waals surface area contributed by atoms with Crippen LogP contribution in [0.1, 0.15) is 11.1 Å². The Morgan fingerprint density at radius 3 is 2.29 bits per heavy atom. The number of carboxylic acid groups (broad SMARTS) is 1. The number of hydrogen-bond acceptors (Lipinski definition) is 4. The lowest BCUT2D eigenvalue weighted by atomic mass is 10.1. The number of halogens is 3. The van der Waals surface area contributed by atoms with Gasteiger partial charge in [0, 0.05) is 21.4 Å². The number of rotatable bonds is 4. The van der Waals surface area contributed by atoms with Crippen molar-refractivity contribution in [3.8, 4) is 11.5 Å². The van der Waals surface area contributed by atoms with Crippen molar-refractivity contribution in [1.29, 1.82) is 0 Å². The Hall–Kier alpha value is -2.61. The Kier molecular flexibility index (Phi) is 5.08. The van der Waals surface area contributed by atoms with Gasteiger partial charge in [-0.15, -0.1) is 0 Å². The molecule has 126 valence electrons. The SMILES string of the molecule is O=C(O)C=C(Sc1ccc(O)c(O)c1)c1ccccc1C(F)(F)F. The van der Waals surface area contributed by atoms with Gasteiger partial charge in [0.2, 0.25) is 0 Å². The third-order valence-electron chi connectivity index (χ3n) is 2.93. The fraction of sp³-hybridized carbons (Fsp3) is 0.0625. The average Bonchev–Trinajstić information content (AvgIpc) is 2.49. The fourth-order valence-corrected chi connectivity index (χ4v) is 2.92. The van der Waals surface area contributed by atoms with Crippen LogP contribution in [0.5, 0.6) is 11.5 Å². The van der Waals surface area contributed by atoms with E-state index in [2.05, 4.69) is 0 Å². The van der Waals surface area contributed by atoms with Crippen LogP contribution in [0.15, 0.2) is 53.4 Å². The number of benzene rings is 2. The first-order valence-electron chi connectivity index (χ1n) is 6.49. The van der Waals surface area contributed by atoms with Crippen molar-refractivity contribution in [3.05, 3.63) is 59.7 Å². The Morgan fingerprint density at radius 1 is 1.04 bits per heavy atom. The summed E-state index contributed by atoms with van der Waals surface area (Å²) in [7, 11) is 0. The van der Waals surface area contributed by atoms with Crippen LogP contribution in [-0.4, -0.2) is 21.3 Å². The van der Waals surface area contributed by atoms with Crippen LogP contribution >= 0.6 is 11.8 Å². The number of carboxylic acids is 1. The van der Waals surface area contributed by atoms with Crippen LogP contribution < -0.4 is 0 Å². The highest BCUT2D eigenvalue weighted by Crippen LogP contribution is 2.42. The van der Waals surface area contributed by atoms with Gasteiger partial charge in [0.1, 0.15) is 0 Å². The number of alkyl halides is 3. The van der Waals surface area contributed by atoms with E-state index in [-0.39, 0.29) is 21.1 Å². The molecule has 8 heteroatoms. The molecule has 0 aliphatic carbocycles. The lowest BCUT2D eigenvalue weighted by Gasteiger charge is -2.15. The molecule has 0 radical (unpaired) electrons. The van der Waals surface area contributed by atoms with Crippen LogP contribution in [0, 0.1) is 0 Å². The van der Waals surface area contributed by atoms with E-state index in [0.717, 1.165) is 30.0 Å². The number of hydrogen-bond donors (Lipinski definition) is 3. The number of thioether (sulfide) groups is 1. The van der Waals surface area contributed by atoms with Crippen LogP contribution in [0.4, 0.5) is 13.2 Å². The molecule has 0 atom stereocenters. The zero-order valence-electron chi connectivity index (χ0n) is 11.9. The van der Waals surface area contributed by atoms with Gasteiger partial charge in [0.25, 0.3) is 0 Å². The van der Waals surface area contributed by atoms with Gasteiger partial charge in [-0.3, -0.25) is 0 Å². The highest BCUT2D eigenvalue weighted by molar-refractivity contribution is 8.08.